The number of aromatic amines is 1. The molecule has 1 amide bonds. The van der Waals surface area contributed by atoms with Gasteiger partial charge in [-0.3, -0.25) is 9.89 Å². The molecule has 0 spiro atoms. The van der Waals surface area contributed by atoms with Crippen LogP contribution in [0.15, 0.2) is 6.20 Å². The van der Waals surface area contributed by atoms with Crippen LogP contribution in [0.2, 0.25) is 0 Å². The maximum Gasteiger partial charge on any atom is 0.257 e. The van der Waals surface area contributed by atoms with Crippen molar-refractivity contribution in [3.63, 3.8) is 0 Å². The van der Waals surface area contributed by atoms with Gasteiger partial charge in [-0.1, -0.05) is 0 Å². The largest absolute Gasteiger partial charge is 0.334 e. The lowest BCUT2D eigenvalue weighted by molar-refractivity contribution is 0.0574. The van der Waals surface area contributed by atoms with Gasteiger partial charge >= 0.3 is 0 Å². The van der Waals surface area contributed by atoms with Crippen molar-refractivity contribution in [1.82, 2.24) is 24.9 Å². The molecule has 1 aliphatic rings. The third-order valence-electron chi connectivity index (χ3n) is 4.24. The lowest BCUT2D eigenvalue weighted by Crippen LogP contribution is -2.48. The van der Waals surface area contributed by atoms with Crippen LogP contribution in [0.3, 0.4) is 0 Å². The van der Waals surface area contributed by atoms with Crippen molar-refractivity contribution in [2.75, 3.05) is 47.3 Å². The highest BCUT2D eigenvalue weighted by atomic mass is 16.2. The number of amides is 1. The number of aromatic nitrogens is 2. The summed E-state index contributed by atoms with van der Waals surface area (Å²) in [4.78, 5) is 19.4. The van der Waals surface area contributed by atoms with Gasteiger partial charge in [0.1, 0.15) is 0 Å². The van der Waals surface area contributed by atoms with E-state index in [0.29, 0.717) is 11.6 Å². The molecule has 0 radical (unpaired) electrons. The number of carbonyl (C=O) groups is 1. The maximum absolute atomic E-state index is 12.9. The lowest BCUT2D eigenvalue weighted by atomic mass is 10.0. The van der Waals surface area contributed by atoms with Gasteiger partial charge in [-0.25, -0.2) is 0 Å². The molecule has 2 rings (SSSR count). The van der Waals surface area contributed by atoms with Crippen LogP contribution in [0.1, 0.15) is 28.9 Å². The zero-order valence-electron chi connectivity index (χ0n) is 13.6. The van der Waals surface area contributed by atoms with Gasteiger partial charge < -0.3 is 14.7 Å². The number of nitrogens with zero attached hydrogens (tertiary/aromatic N) is 4. The van der Waals surface area contributed by atoms with E-state index in [1.165, 1.54) is 0 Å². The highest BCUT2D eigenvalue weighted by molar-refractivity contribution is 5.95. The quantitative estimate of drug-likeness (QED) is 0.873. The van der Waals surface area contributed by atoms with Crippen molar-refractivity contribution in [2.45, 2.75) is 25.8 Å². The summed E-state index contributed by atoms with van der Waals surface area (Å²) in [5.74, 6) is 0.109. The molecule has 0 bridgehead atoms. The summed E-state index contributed by atoms with van der Waals surface area (Å²) in [6.45, 7) is 5.67. The molecule has 6 nitrogen and oxygen atoms in total. The molecule has 118 valence electrons. The second kappa shape index (κ2) is 7.04. The Balaban J connectivity index is 2.11. The van der Waals surface area contributed by atoms with Crippen LogP contribution >= 0.6 is 0 Å². The molecule has 0 atom stereocenters. The normalized spacial score (nSPS) is 17.4. The molecular formula is C15H27N5O. The van der Waals surface area contributed by atoms with E-state index in [1.54, 1.807) is 6.20 Å². The molecule has 1 aromatic rings. The highest BCUT2D eigenvalue weighted by Crippen LogP contribution is 2.19. The Morgan fingerprint density at radius 3 is 2.57 bits per heavy atom. The van der Waals surface area contributed by atoms with Gasteiger partial charge in [0.2, 0.25) is 0 Å². The first-order valence-electron chi connectivity index (χ1n) is 7.63. The number of hydrogen-bond donors (Lipinski definition) is 1. The number of piperidine rings is 1. The summed E-state index contributed by atoms with van der Waals surface area (Å²) < 4.78 is 0. The van der Waals surface area contributed by atoms with Crippen LogP contribution in [-0.2, 0) is 0 Å². The van der Waals surface area contributed by atoms with Crippen molar-refractivity contribution in [2.24, 2.45) is 0 Å². The van der Waals surface area contributed by atoms with E-state index in [-0.39, 0.29) is 5.91 Å². The van der Waals surface area contributed by atoms with Crippen LogP contribution in [0.25, 0.3) is 0 Å². The smallest absolute Gasteiger partial charge is 0.257 e. The van der Waals surface area contributed by atoms with E-state index in [0.717, 1.165) is 44.7 Å². The van der Waals surface area contributed by atoms with E-state index in [1.807, 2.05) is 25.9 Å². The molecule has 2 heterocycles. The van der Waals surface area contributed by atoms with Gasteiger partial charge in [0.15, 0.2) is 0 Å². The third kappa shape index (κ3) is 4.04. The van der Waals surface area contributed by atoms with Gasteiger partial charge in [0.25, 0.3) is 5.91 Å². The Bertz CT molecular complexity index is 462. The van der Waals surface area contributed by atoms with Gasteiger partial charge in [0, 0.05) is 24.8 Å². The van der Waals surface area contributed by atoms with Crippen LogP contribution in [0.5, 0.6) is 0 Å². The first-order chi connectivity index (χ1) is 9.99. The van der Waals surface area contributed by atoms with E-state index < -0.39 is 0 Å². The summed E-state index contributed by atoms with van der Waals surface area (Å²) in [6, 6.07) is 0.336. The van der Waals surface area contributed by atoms with E-state index in [2.05, 4.69) is 27.0 Å². The van der Waals surface area contributed by atoms with Crippen LogP contribution in [0, 0.1) is 6.92 Å². The maximum atomic E-state index is 12.9. The number of rotatable bonds is 5. The minimum absolute atomic E-state index is 0.109. The molecule has 1 N–H and O–H groups in total. The monoisotopic (exact) mass is 293 g/mol. The molecule has 0 saturated carbocycles. The zero-order chi connectivity index (χ0) is 15.4. The van der Waals surface area contributed by atoms with Gasteiger partial charge in [0.05, 0.1) is 11.8 Å². The van der Waals surface area contributed by atoms with Crippen molar-refractivity contribution < 1.29 is 4.79 Å². The summed E-state index contributed by atoms with van der Waals surface area (Å²) in [6.07, 6.45) is 3.74. The predicted octanol–water partition coefficient (Wildman–Crippen LogP) is 0.816. The first kappa shape index (κ1) is 16.0. The Labute approximate surface area is 127 Å². The Kier molecular flexibility index (Phi) is 5.36. The van der Waals surface area contributed by atoms with Crippen molar-refractivity contribution in [1.29, 1.82) is 0 Å². The van der Waals surface area contributed by atoms with Gasteiger partial charge in [-0.15, -0.1) is 0 Å². The molecule has 1 aromatic heterocycles. The Hall–Kier alpha value is -1.40. The zero-order valence-corrected chi connectivity index (χ0v) is 13.6. The molecule has 0 aliphatic carbocycles. The van der Waals surface area contributed by atoms with Crippen LogP contribution in [0.4, 0.5) is 0 Å². The SMILES string of the molecule is Cc1[nH]ncc1C(=O)N(CCN(C)C)C1CCN(C)CC1. The average molecular weight is 293 g/mol. The highest BCUT2D eigenvalue weighted by Gasteiger charge is 2.28. The number of nitrogens with one attached hydrogen (secondary N) is 1. The minimum Gasteiger partial charge on any atom is -0.334 e. The number of carbonyl (C=O) groups excluding carboxylic acids is 1. The fourth-order valence-electron chi connectivity index (χ4n) is 2.79. The van der Waals surface area contributed by atoms with Crippen molar-refractivity contribution in [3.05, 3.63) is 17.5 Å². The molecule has 0 aromatic carbocycles. The van der Waals surface area contributed by atoms with Crippen molar-refractivity contribution in [3.8, 4) is 0 Å². The molecule has 1 fully saturated rings. The average Bonchev–Trinajstić information content (AvgIpc) is 2.86. The fourth-order valence-corrected chi connectivity index (χ4v) is 2.79. The topological polar surface area (TPSA) is 55.5 Å². The van der Waals surface area contributed by atoms with Crippen LogP contribution in [-0.4, -0.2) is 84.2 Å². The number of H-pyrrole nitrogens is 1. The van der Waals surface area contributed by atoms with E-state index in [4.69, 9.17) is 0 Å². The van der Waals surface area contributed by atoms with E-state index in [9.17, 15) is 4.79 Å². The molecule has 21 heavy (non-hydrogen) atoms. The second-order valence-electron chi connectivity index (χ2n) is 6.24. The number of hydrogen-bond acceptors (Lipinski definition) is 4. The van der Waals surface area contributed by atoms with Crippen molar-refractivity contribution >= 4 is 5.91 Å². The van der Waals surface area contributed by atoms with Crippen LogP contribution < -0.4 is 0 Å². The predicted molar refractivity (Wildman–Crippen MR) is 83.4 cm³/mol. The number of aryl methyl sites for hydroxylation is 1. The Morgan fingerprint density at radius 2 is 2.05 bits per heavy atom. The standard InChI is InChI=1S/C15H27N5O/c1-12-14(11-16-17-12)15(21)20(10-9-18(2)3)13-5-7-19(4)8-6-13/h11,13H,5-10H2,1-4H3,(H,16,17). The lowest BCUT2D eigenvalue weighted by Gasteiger charge is -2.37. The summed E-state index contributed by atoms with van der Waals surface area (Å²) >= 11 is 0. The molecule has 1 saturated heterocycles. The molecule has 1 aliphatic heterocycles. The molecule has 6 heteroatoms. The Morgan fingerprint density at radius 1 is 1.38 bits per heavy atom. The molecular weight excluding hydrogens is 266 g/mol. The second-order valence-corrected chi connectivity index (χ2v) is 6.24. The van der Waals surface area contributed by atoms with Gasteiger partial charge in [-0.2, -0.15) is 5.10 Å². The molecule has 0 unspecified atom stereocenters. The number of likely N-dealkylation sites (tertiary alicyclic amines) is 1. The van der Waals surface area contributed by atoms with Gasteiger partial charge in [-0.05, 0) is 54.0 Å². The minimum atomic E-state index is 0.109. The third-order valence-corrected chi connectivity index (χ3v) is 4.24. The fraction of sp³-hybridized carbons (Fsp3) is 0.733. The summed E-state index contributed by atoms with van der Waals surface area (Å²) in [7, 11) is 6.23. The first-order valence-corrected chi connectivity index (χ1v) is 7.63. The number of likely N-dealkylation sites (N-methyl/N-ethyl adjacent to an activating group) is 1. The van der Waals surface area contributed by atoms with E-state index >= 15 is 0 Å². The summed E-state index contributed by atoms with van der Waals surface area (Å²) in [5.41, 5.74) is 1.55. The summed E-state index contributed by atoms with van der Waals surface area (Å²) in [5, 5.41) is 6.85.